The van der Waals surface area contributed by atoms with Crippen molar-refractivity contribution in [2.75, 3.05) is 25.1 Å². The van der Waals surface area contributed by atoms with Gasteiger partial charge in [0.05, 0.1) is 19.3 Å². The zero-order valence-electron chi connectivity index (χ0n) is 16.5. The van der Waals surface area contributed by atoms with Crippen molar-refractivity contribution in [3.05, 3.63) is 52.8 Å². The molecule has 2 aromatic rings. The van der Waals surface area contributed by atoms with Crippen molar-refractivity contribution in [3.63, 3.8) is 0 Å². The Morgan fingerprint density at radius 2 is 2.07 bits per heavy atom. The number of pyridine rings is 1. The average molecular weight is 368 g/mol. The molecule has 0 saturated carbocycles. The van der Waals surface area contributed by atoms with Crippen LogP contribution in [0, 0.1) is 13.8 Å². The van der Waals surface area contributed by atoms with E-state index in [2.05, 4.69) is 51.7 Å². The minimum Gasteiger partial charge on any atom is -0.496 e. The zero-order chi connectivity index (χ0) is 19.4. The number of carbonyl (C=O) groups is 1. The second kappa shape index (κ2) is 8.29. The van der Waals surface area contributed by atoms with E-state index in [0.29, 0.717) is 19.1 Å². The Morgan fingerprint density at radius 1 is 1.30 bits per heavy atom. The van der Waals surface area contributed by atoms with Gasteiger partial charge in [-0.15, -0.1) is 0 Å². The highest BCUT2D eigenvalue weighted by molar-refractivity contribution is 5.74. The van der Waals surface area contributed by atoms with Gasteiger partial charge in [0.1, 0.15) is 5.75 Å². The fourth-order valence-electron chi connectivity index (χ4n) is 3.74. The number of fused-ring (bicyclic) bond motifs is 1. The van der Waals surface area contributed by atoms with Gasteiger partial charge in [-0.25, -0.2) is 4.79 Å². The molecule has 3 rings (SSSR count). The summed E-state index contributed by atoms with van der Waals surface area (Å²) in [6, 6.07) is 8.75. The van der Waals surface area contributed by atoms with Crippen molar-refractivity contribution in [1.82, 2.24) is 15.6 Å². The monoisotopic (exact) mass is 368 g/mol. The highest BCUT2D eigenvalue weighted by Crippen LogP contribution is 2.31. The topological polar surface area (TPSA) is 66.5 Å². The number of urea groups is 1. The number of rotatable bonds is 6. The highest BCUT2D eigenvalue weighted by atomic mass is 16.5. The van der Waals surface area contributed by atoms with E-state index in [9.17, 15) is 4.79 Å². The standard InChI is InChI=1S/C21H28N4O2/c1-14-12-23-18(16(3)20(14)27-4)13-24-21(26)22-9-10-25-15(2)11-17-7-5-6-8-19(17)25/h5-8,12,15H,9-11,13H2,1-4H3,(H2,22,24,26). The third-order valence-electron chi connectivity index (χ3n) is 5.15. The summed E-state index contributed by atoms with van der Waals surface area (Å²) >= 11 is 0. The van der Waals surface area contributed by atoms with Crippen LogP contribution in [-0.4, -0.2) is 37.3 Å². The Hall–Kier alpha value is -2.76. The molecule has 0 aliphatic carbocycles. The molecule has 27 heavy (non-hydrogen) atoms. The lowest BCUT2D eigenvalue weighted by molar-refractivity contribution is 0.240. The molecule has 1 atom stereocenters. The van der Waals surface area contributed by atoms with E-state index in [1.54, 1.807) is 13.3 Å². The molecule has 0 radical (unpaired) electrons. The molecule has 1 unspecified atom stereocenters. The van der Waals surface area contributed by atoms with Crippen LogP contribution in [-0.2, 0) is 13.0 Å². The van der Waals surface area contributed by atoms with Gasteiger partial charge in [0, 0.05) is 42.1 Å². The number of para-hydroxylation sites is 1. The number of carbonyl (C=O) groups excluding carboxylic acids is 1. The molecule has 1 aliphatic rings. The lowest BCUT2D eigenvalue weighted by atomic mass is 10.1. The fourth-order valence-corrected chi connectivity index (χ4v) is 3.74. The first-order valence-corrected chi connectivity index (χ1v) is 9.36. The van der Waals surface area contributed by atoms with Crippen LogP contribution in [0.1, 0.15) is 29.3 Å². The van der Waals surface area contributed by atoms with Gasteiger partial charge in [0.25, 0.3) is 0 Å². The molecule has 144 valence electrons. The molecule has 0 saturated heterocycles. The lowest BCUT2D eigenvalue weighted by Gasteiger charge is -2.25. The summed E-state index contributed by atoms with van der Waals surface area (Å²) in [6.45, 7) is 7.89. The van der Waals surface area contributed by atoms with E-state index < -0.39 is 0 Å². The number of nitrogens with zero attached hydrogens (tertiary/aromatic N) is 2. The zero-order valence-corrected chi connectivity index (χ0v) is 16.5. The average Bonchev–Trinajstić information content (AvgIpc) is 2.97. The normalized spacial score (nSPS) is 15.4. The minimum absolute atomic E-state index is 0.184. The van der Waals surface area contributed by atoms with Gasteiger partial charge >= 0.3 is 6.03 Å². The number of anilines is 1. The quantitative estimate of drug-likeness (QED) is 0.823. The molecule has 6 nitrogen and oxygen atoms in total. The Bertz CT molecular complexity index is 822. The van der Waals surface area contributed by atoms with Crippen molar-refractivity contribution in [2.24, 2.45) is 0 Å². The highest BCUT2D eigenvalue weighted by Gasteiger charge is 2.24. The van der Waals surface area contributed by atoms with Crippen LogP contribution in [0.15, 0.2) is 30.5 Å². The molecule has 0 spiro atoms. The lowest BCUT2D eigenvalue weighted by Crippen LogP contribution is -2.41. The van der Waals surface area contributed by atoms with E-state index in [0.717, 1.165) is 35.5 Å². The van der Waals surface area contributed by atoms with Gasteiger partial charge in [-0.1, -0.05) is 18.2 Å². The van der Waals surface area contributed by atoms with Gasteiger partial charge in [0.2, 0.25) is 0 Å². The predicted molar refractivity (Wildman–Crippen MR) is 107 cm³/mol. The Balaban J connectivity index is 1.48. The summed E-state index contributed by atoms with van der Waals surface area (Å²) in [6.07, 6.45) is 2.83. The number of hydrogen-bond acceptors (Lipinski definition) is 4. The molecular weight excluding hydrogens is 340 g/mol. The summed E-state index contributed by atoms with van der Waals surface area (Å²) in [5, 5.41) is 5.82. The summed E-state index contributed by atoms with van der Waals surface area (Å²) in [4.78, 5) is 18.9. The fraction of sp³-hybridized carbons (Fsp3) is 0.429. The van der Waals surface area contributed by atoms with Crippen molar-refractivity contribution < 1.29 is 9.53 Å². The van der Waals surface area contributed by atoms with Crippen molar-refractivity contribution in [3.8, 4) is 5.75 Å². The maximum absolute atomic E-state index is 12.2. The first-order valence-electron chi connectivity index (χ1n) is 9.36. The third kappa shape index (κ3) is 4.15. The number of ether oxygens (including phenoxy) is 1. The summed E-state index contributed by atoms with van der Waals surface area (Å²) in [5.74, 6) is 0.823. The molecule has 1 aromatic carbocycles. The van der Waals surface area contributed by atoms with Crippen molar-refractivity contribution >= 4 is 11.7 Å². The number of amides is 2. The summed E-state index contributed by atoms with van der Waals surface area (Å²) in [5.41, 5.74) is 5.42. The number of aromatic nitrogens is 1. The van der Waals surface area contributed by atoms with Gasteiger partial charge in [0.15, 0.2) is 0 Å². The van der Waals surface area contributed by atoms with E-state index in [4.69, 9.17) is 4.74 Å². The van der Waals surface area contributed by atoms with Gasteiger partial charge in [-0.3, -0.25) is 4.98 Å². The van der Waals surface area contributed by atoms with E-state index in [-0.39, 0.29) is 6.03 Å². The predicted octanol–water partition coefficient (Wildman–Crippen LogP) is 2.96. The van der Waals surface area contributed by atoms with Crippen LogP contribution in [0.5, 0.6) is 5.75 Å². The van der Waals surface area contributed by atoms with Crippen LogP contribution in [0.3, 0.4) is 0 Å². The van der Waals surface area contributed by atoms with Crippen LogP contribution in [0.2, 0.25) is 0 Å². The van der Waals surface area contributed by atoms with E-state index in [1.807, 2.05) is 13.8 Å². The third-order valence-corrected chi connectivity index (χ3v) is 5.15. The molecule has 0 fully saturated rings. The largest absolute Gasteiger partial charge is 0.496 e. The smallest absolute Gasteiger partial charge is 0.315 e. The SMILES string of the molecule is COc1c(C)cnc(CNC(=O)NCCN2c3ccccc3CC2C)c1C. The minimum atomic E-state index is -0.184. The molecule has 0 bridgehead atoms. The van der Waals surface area contributed by atoms with Crippen LogP contribution < -0.4 is 20.3 Å². The van der Waals surface area contributed by atoms with Gasteiger partial charge in [-0.05, 0) is 38.8 Å². The van der Waals surface area contributed by atoms with Crippen LogP contribution >= 0.6 is 0 Å². The molecule has 2 N–H and O–H groups in total. The second-order valence-electron chi connectivity index (χ2n) is 7.03. The molecule has 1 aliphatic heterocycles. The van der Waals surface area contributed by atoms with Crippen molar-refractivity contribution in [2.45, 2.75) is 39.8 Å². The maximum atomic E-state index is 12.2. The second-order valence-corrected chi connectivity index (χ2v) is 7.03. The number of benzene rings is 1. The van der Waals surface area contributed by atoms with Crippen LogP contribution in [0.4, 0.5) is 10.5 Å². The molecule has 2 heterocycles. The summed E-state index contributed by atoms with van der Waals surface area (Å²) < 4.78 is 5.41. The molecular formula is C21H28N4O2. The molecule has 2 amide bonds. The van der Waals surface area contributed by atoms with Gasteiger partial charge < -0.3 is 20.3 Å². The maximum Gasteiger partial charge on any atom is 0.315 e. The Kier molecular flexibility index (Phi) is 5.84. The first kappa shape index (κ1) is 19.0. The molecule has 6 heteroatoms. The Labute approximate surface area is 160 Å². The van der Waals surface area contributed by atoms with Gasteiger partial charge in [-0.2, -0.15) is 0 Å². The molecule has 1 aromatic heterocycles. The van der Waals surface area contributed by atoms with Crippen LogP contribution in [0.25, 0.3) is 0 Å². The van der Waals surface area contributed by atoms with E-state index in [1.165, 1.54) is 11.3 Å². The number of nitrogens with one attached hydrogen (secondary N) is 2. The first-order chi connectivity index (χ1) is 13.0. The number of hydrogen-bond donors (Lipinski definition) is 2. The van der Waals surface area contributed by atoms with Crippen molar-refractivity contribution in [1.29, 1.82) is 0 Å². The Morgan fingerprint density at radius 3 is 2.85 bits per heavy atom. The number of aryl methyl sites for hydroxylation is 1. The summed E-state index contributed by atoms with van der Waals surface area (Å²) in [7, 11) is 1.65. The van der Waals surface area contributed by atoms with E-state index >= 15 is 0 Å². The number of methoxy groups -OCH3 is 1.